The summed E-state index contributed by atoms with van der Waals surface area (Å²) in [6.07, 6.45) is 6.46. The number of aromatic nitrogens is 1. The molecule has 0 amide bonds. The van der Waals surface area contributed by atoms with Crippen molar-refractivity contribution in [3.8, 4) is 0 Å². The molecule has 1 aromatic heterocycles. The van der Waals surface area contributed by atoms with Crippen molar-refractivity contribution in [2.75, 3.05) is 20.1 Å². The van der Waals surface area contributed by atoms with Crippen LogP contribution in [0.1, 0.15) is 30.5 Å². The van der Waals surface area contributed by atoms with Crippen molar-refractivity contribution < 1.29 is 0 Å². The number of nitrogens with zero attached hydrogens (tertiary/aromatic N) is 2. The van der Waals surface area contributed by atoms with E-state index in [1.165, 1.54) is 24.8 Å². The molecule has 1 heterocycles. The number of aliphatic imine (C=N–C) groups is 1. The quantitative estimate of drug-likeness (QED) is 0.334. The van der Waals surface area contributed by atoms with Crippen molar-refractivity contribution >= 4 is 45.9 Å². The van der Waals surface area contributed by atoms with Gasteiger partial charge in [0.05, 0.1) is 0 Å². The van der Waals surface area contributed by atoms with Gasteiger partial charge in [0, 0.05) is 48.3 Å². The zero-order valence-corrected chi connectivity index (χ0v) is 19.0. The Kier molecular flexibility index (Phi) is 8.34. The van der Waals surface area contributed by atoms with Gasteiger partial charge in [-0.2, -0.15) is 0 Å². The standard InChI is InChI=1S/C20H25BrN4.HI/c1-22-19(24-13-9-18-8-2-3-12-23-18)25-15-20(10-5-11-20)16-6-4-7-17(21)14-16;/h2-4,6-8,12,14H,5,9-11,13,15H2,1H3,(H2,22,24,25);1H. The average molecular weight is 529 g/mol. The molecule has 0 spiro atoms. The Bertz CT molecular complexity index is 717. The number of pyridine rings is 1. The monoisotopic (exact) mass is 528 g/mol. The first-order chi connectivity index (χ1) is 12.2. The highest BCUT2D eigenvalue weighted by atomic mass is 127. The summed E-state index contributed by atoms with van der Waals surface area (Å²) < 4.78 is 1.15. The van der Waals surface area contributed by atoms with Gasteiger partial charge in [0.15, 0.2) is 5.96 Å². The minimum Gasteiger partial charge on any atom is -0.356 e. The fraction of sp³-hybridized carbons (Fsp3) is 0.400. The average Bonchev–Trinajstić information content (AvgIpc) is 2.60. The molecule has 1 fully saturated rings. The molecule has 0 radical (unpaired) electrons. The lowest BCUT2D eigenvalue weighted by Crippen LogP contribution is -2.49. The van der Waals surface area contributed by atoms with Crippen molar-refractivity contribution in [1.82, 2.24) is 15.6 Å². The molecule has 1 aliphatic rings. The number of hydrogen-bond acceptors (Lipinski definition) is 2. The van der Waals surface area contributed by atoms with Crippen LogP contribution in [0.2, 0.25) is 0 Å². The zero-order chi connectivity index (χ0) is 17.5. The van der Waals surface area contributed by atoms with Crippen LogP contribution in [0, 0.1) is 0 Å². The van der Waals surface area contributed by atoms with Crippen LogP contribution in [0.4, 0.5) is 0 Å². The topological polar surface area (TPSA) is 49.3 Å². The summed E-state index contributed by atoms with van der Waals surface area (Å²) in [5, 5.41) is 6.91. The van der Waals surface area contributed by atoms with E-state index in [4.69, 9.17) is 0 Å². The van der Waals surface area contributed by atoms with Crippen molar-refractivity contribution in [2.45, 2.75) is 31.1 Å². The van der Waals surface area contributed by atoms with Gasteiger partial charge in [-0.25, -0.2) is 0 Å². The molecule has 1 aromatic carbocycles. The minimum atomic E-state index is 0. The summed E-state index contributed by atoms with van der Waals surface area (Å²) >= 11 is 3.60. The zero-order valence-electron chi connectivity index (χ0n) is 15.0. The predicted octanol–water partition coefficient (Wildman–Crippen LogP) is 4.29. The van der Waals surface area contributed by atoms with Crippen LogP contribution >= 0.6 is 39.9 Å². The Hall–Kier alpha value is -1.15. The van der Waals surface area contributed by atoms with Crippen molar-refractivity contribution in [2.24, 2.45) is 4.99 Å². The molecule has 0 atom stereocenters. The fourth-order valence-corrected chi connectivity index (χ4v) is 3.72. The van der Waals surface area contributed by atoms with Crippen LogP contribution in [0.25, 0.3) is 0 Å². The molecule has 1 aliphatic carbocycles. The maximum absolute atomic E-state index is 4.36. The largest absolute Gasteiger partial charge is 0.356 e. The van der Waals surface area contributed by atoms with Gasteiger partial charge in [-0.05, 0) is 42.7 Å². The van der Waals surface area contributed by atoms with E-state index < -0.39 is 0 Å². The minimum absolute atomic E-state index is 0. The lowest BCUT2D eigenvalue weighted by Gasteiger charge is -2.43. The van der Waals surface area contributed by atoms with Gasteiger partial charge in [0.1, 0.15) is 0 Å². The van der Waals surface area contributed by atoms with E-state index in [1.807, 2.05) is 25.4 Å². The highest BCUT2D eigenvalue weighted by Crippen LogP contribution is 2.43. The van der Waals surface area contributed by atoms with Gasteiger partial charge in [-0.15, -0.1) is 24.0 Å². The molecule has 3 rings (SSSR count). The lowest BCUT2D eigenvalue weighted by molar-refractivity contribution is 0.243. The molecule has 140 valence electrons. The molecule has 0 aliphatic heterocycles. The maximum Gasteiger partial charge on any atom is 0.191 e. The van der Waals surface area contributed by atoms with Crippen LogP contribution in [-0.2, 0) is 11.8 Å². The Labute approximate surface area is 181 Å². The van der Waals surface area contributed by atoms with Crippen LogP contribution in [0.15, 0.2) is 58.1 Å². The second-order valence-electron chi connectivity index (χ2n) is 6.57. The third-order valence-corrected chi connectivity index (χ3v) is 5.46. The summed E-state index contributed by atoms with van der Waals surface area (Å²) in [4.78, 5) is 8.71. The van der Waals surface area contributed by atoms with Gasteiger partial charge in [0.25, 0.3) is 0 Å². The molecule has 1 saturated carbocycles. The van der Waals surface area contributed by atoms with Gasteiger partial charge in [-0.1, -0.05) is 40.5 Å². The van der Waals surface area contributed by atoms with E-state index in [0.29, 0.717) is 0 Å². The summed E-state index contributed by atoms with van der Waals surface area (Å²) in [7, 11) is 1.82. The van der Waals surface area contributed by atoms with Gasteiger partial charge < -0.3 is 10.6 Å². The SMILES string of the molecule is CN=C(NCCc1ccccn1)NCC1(c2cccc(Br)c2)CCC1.I. The smallest absolute Gasteiger partial charge is 0.191 e. The van der Waals surface area contributed by atoms with Crippen molar-refractivity contribution in [3.05, 3.63) is 64.4 Å². The van der Waals surface area contributed by atoms with Crippen LogP contribution in [0.3, 0.4) is 0 Å². The fourth-order valence-electron chi connectivity index (χ4n) is 3.32. The highest BCUT2D eigenvalue weighted by molar-refractivity contribution is 14.0. The molecule has 2 N–H and O–H groups in total. The second kappa shape index (κ2) is 10.3. The Balaban J connectivity index is 0.00000243. The summed E-state index contributed by atoms with van der Waals surface area (Å²) in [5.74, 6) is 0.859. The summed E-state index contributed by atoms with van der Waals surface area (Å²) in [6, 6.07) is 14.7. The van der Waals surface area contributed by atoms with Crippen LogP contribution in [-0.4, -0.2) is 31.1 Å². The Morgan fingerprint density at radius 2 is 2.04 bits per heavy atom. The first kappa shape index (κ1) is 21.2. The van der Waals surface area contributed by atoms with E-state index in [9.17, 15) is 0 Å². The van der Waals surface area contributed by atoms with Crippen molar-refractivity contribution in [1.29, 1.82) is 0 Å². The molecule has 6 heteroatoms. The lowest BCUT2D eigenvalue weighted by atomic mass is 9.64. The first-order valence-corrected chi connectivity index (χ1v) is 9.62. The predicted molar refractivity (Wildman–Crippen MR) is 122 cm³/mol. The van der Waals surface area contributed by atoms with E-state index in [-0.39, 0.29) is 29.4 Å². The first-order valence-electron chi connectivity index (χ1n) is 8.82. The van der Waals surface area contributed by atoms with Crippen LogP contribution < -0.4 is 10.6 Å². The molecule has 0 unspecified atom stereocenters. The molecule has 0 saturated heterocycles. The van der Waals surface area contributed by atoms with Gasteiger partial charge >= 0.3 is 0 Å². The number of guanidine groups is 1. The molecular formula is C20H26BrIN4. The second-order valence-corrected chi connectivity index (χ2v) is 7.48. The van der Waals surface area contributed by atoms with Gasteiger partial charge in [-0.3, -0.25) is 9.98 Å². The molecule has 2 aromatic rings. The Morgan fingerprint density at radius 1 is 1.19 bits per heavy atom. The molecule has 0 bridgehead atoms. The third kappa shape index (κ3) is 5.42. The highest BCUT2D eigenvalue weighted by Gasteiger charge is 2.38. The number of halogens is 2. The normalized spacial score (nSPS) is 15.5. The number of benzene rings is 1. The van der Waals surface area contributed by atoms with E-state index in [2.05, 4.69) is 66.9 Å². The summed E-state index contributed by atoms with van der Waals surface area (Å²) in [6.45, 7) is 1.73. The van der Waals surface area contributed by atoms with Crippen molar-refractivity contribution in [3.63, 3.8) is 0 Å². The van der Waals surface area contributed by atoms with E-state index >= 15 is 0 Å². The van der Waals surface area contributed by atoms with E-state index in [0.717, 1.165) is 35.6 Å². The molecular weight excluding hydrogens is 503 g/mol. The summed E-state index contributed by atoms with van der Waals surface area (Å²) in [5.41, 5.74) is 2.72. The molecule has 26 heavy (non-hydrogen) atoms. The number of nitrogens with one attached hydrogen (secondary N) is 2. The van der Waals surface area contributed by atoms with Gasteiger partial charge in [0.2, 0.25) is 0 Å². The molecule has 4 nitrogen and oxygen atoms in total. The maximum atomic E-state index is 4.36. The third-order valence-electron chi connectivity index (χ3n) is 4.97. The van der Waals surface area contributed by atoms with E-state index in [1.54, 1.807) is 0 Å². The van der Waals surface area contributed by atoms with Crippen LogP contribution in [0.5, 0.6) is 0 Å². The number of hydrogen-bond donors (Lipinski definition) is 2. The number of rotatable bonds is 6. The Morgan fingerprint density at radius 3 is 2.65 bits per heavy atom.